The largest absolute Gasteiger partial charge is 0.477 e. The van der Waals surface area contributed by atoms with E-state index in [2.05, 4.69) is 11.8 Å². The molecule has 2 N–H and O–H groups in total. The second-order valence-electron chi connectivity index (χ2n) is 8.84. The Balaban J connectivity index is 1.95. The van der Waals surface area contributed by atoms with Gasteiger partial charge in [0, 0.05) is 18.2 Å². The van der Waals surface area contributed by atoms with Crippen molar-refractivity contribution in [1.29, 1.82) is 0 Å². The summed E-state index contributed by atoms with van der Waals surface area (Å²) in [5, 5.41) is 20.8. The third-order valence-corrected chi connectivity index (χ3v) is 6.38. The summed E-state index contributed by atoms with van der Waals surface area (Å²) in [5.74, 6) is 4.85. The highest BCUT2D eigenvalue weighted by Gasteiger charge is 2.32. The molecular formula is C33H29NO5. The first-order valence-corrected chi connectivity index (χ1v) is 12.6. The van der Waals surface area contributed by atoms with Gasteiger partial charge in [0.1, 0.15) is 16.8 Å². The molecule has 3 aromatic carbocycles. The Bertz CT molecular complexity index is 1470. The predicted molar refractivity (Wildman–Crippen MR) is 150 cm³/mol. The molecule has 196 valence electrons. The van der Waals surface area contributed by atoms with Crippen molar-refractivity contribution in [1.82, 2.24) is 4.57 Å². The minimum Gasteiger partial charge on any atom is -0.477 e. The number of aliphatic hydroxyl groups is 1. The first-order chi connectivity index (χ1) is 19.0. The normalized spacial score (nSPS) is 11.1. The zero-order valence-corrected chi connectivity index (χ0v) is 21.6. The van der Waals surface area contributed by atoms with Crippen LogP contribution < -0.4 is 0 Å². The lowest BCUT2D eigenvalue weighted by atomic mass is 9.75. The van der Waals surface area contributed by atoms with Crippen LogP contribution in [0.5, 0.6) is 0 Å². The first-order valence-electron chi connectivity index (χ1n) is 12.6. The molecule has 0 bridgehead atoms. The Labute approximate surface area is 227 Å². The van der Waals surface area contributed by atoms with Crippen LogP contribution in [0.4, 0.5) is 0 Å². The molecule has 39 heavy (non-hydrogen) atoms. The molecular weight excluding hydrogens is 490 g/mol. The lowest BCUT2D eigenvalue weighted by Crippen LogP contribution is -2.30. The molecule has 4 aromatic rings. The maximum absolute atomic E-state index is 12.3. The smallest absolute Gasteiger partial charge is 0.352 e. The van der Waals surface area contributed by atoms with Crippen molar-refractivity contribution in [2.24, 2.45) is 0 Å². The van der Waals surface area contributed by atoms with Crippen LogP contribution >= 0.6 is 0 Å². The molecule has 0 aliphatic heterocycles. The van der Waals surface area contributed by atoms with Crippen LogP contribution in [0.3, 0.4) is 0 Å². The number of carbonyl (C=O) groups excluding carboxylic acids is 1. The number of esters is 1. The van der Waals surface area contributed by atoms with E-state index in [9.17, 15) is 19.8 Å². The Kier molecular flexibility index (Phi) is 8.78. The van der Waals surface area contributed by atoms with Gasteiger partial charge < -0.3 is 19.5 Å². The van der Waals surface area contributed by atoms with Gasteiger partial charge in [-0.25, -0.2) is 9.59 Å². The van der Waals surface area contributed by atoms with Crippen molar-refractivity contribution in [2.75, 3.05) is 13.2 Å². The Morgan fingerprint density at radius 1 is 0.923 bits per heavy atom. The highest BCUT2D eigenvalue weighted by molar-refractivity contribution is 5.91. The number of aromatic nitrogens is 1. The van der Waals surface area contributed by atoms with Gasteiger partial charge >= 0.3 is 11.9 Å². The van der Waals surface area contributed by atoms with Gasteiger partial charge in [0.15, 0.2) is 0 Å². The maximum Gasteiger partial charge on any atom is 0.352 e. The monoisotopic (exact) mass is 519 g/mol. The van der Waals surface area contributed by atoms with Gasteiger partial charge in [-0.3, -0.25) is 0 Å². The van der Waals surface area contributed by atoms with Crippen LogP contribution in [0.1, 0.15) is 45.4 Å². The molecule has 6 nitrogen and oxygen atoms in total. The number of aromatic carboxylic acids is 1. The van der Waals surface area contributed by atoms with Crippen LogP contribution in [0.25, 0.3) is 6.08 Å². The second-order valence-corrected chi connectivity index (χ2v) is 8.84. The lowest BCUT2D eigenvalue weighted by molar-refractivity contribution is -0.137. The summed E-state index contributed by atoms with van der Waals surface area (Å²) in [6.07, 6.45) is 2.78. The number of carboxylic acid groups (broad SMARTS) is 1. The number of benzene rings is 3. The second kappa shape index (κ2) is 12.6. The van der Waals surface area contributed by atoms with Crippen LogP contribution in [0.15, 0.2) is 103 Å². The average Bonchev–Trinajstić information content (AvgIpc) is 3.31. The number of carbonyl (C=O) groups is 2. The Hall–Kier alpha value is -4.86. The Morgan fingerprint density at radius 3 is 2.00 bits per heavy atom. The quantitative estimate of drug-likeness (QED) is 0.182. The van der Waals surface area contributed by atoms with Crippen LogP contribution in [-0.4, -0.2) is 39.9 Å². The number of carboxylic acids is 1. The lowest BCUT2D eigenvalue weighted by Gasteiger charge is -2.27. The van der Waals surface area contributed by atoms with Crippen LogP contribution in [-0.2, 0) is 21.5 Å². The first kappa shape index (κ1) is 27.2. The number of nitrogens with zero attached hydrogens (tertiary/aromatic N) is 1. The molecule has 0 fully saturated rings. The number of aliphatic hydroxyl groups excluding tert-OH is 1. The maximum atomic E-state index is 12.3. The summed E-state index contributed by atoms with van der Waals surface area (Å²) in [7, 11) is 0. The summed E-state index contributed by atoms with van der Waals surface area (Å²) in [4.78, 5) is 24.4. The summed E-state index contributed by atoms with van der Waals surface area (Å²) < 4.78 is 6.63. The molecule has 0 saturated heterocycles. The Morgan fingerprint density at radius 2 is 1.49 bits per heavy atom. The van der Waals surface area contributed by atoms with E-state index >= 15 is 0 Å². The highest BCUT2D eigenvalue weighted by Crippen LogP contribution is 2.32. The summed E-state index contributed by atoms with van der Waals surface area (Å²) >= 11 is 0. The van der Waals surface area contributed by atoms with E-state index in [1.54, 1.807) is 11.5 Å². The van der Waals surface area contributed by atoms with E-state index in [0.29, 0.717) is 11.3 Å². The molecule has 0 aliphatic carbocycles. The predicted octanol–water partition coefficient (Wildman–Crippen LogP) is 5.14. The molecule has 4 rings (SSSR count). The molecule has 0 unspecified atom stereocenters. The minimum atomic E-state index is -1.12. The highest BCUT2D eigenvalue weighted by atomic mass is 16.5. The molecule has 0 amide bonds. The van der Waals surface area contributed by atoms with Crippen molar-refractivity contribution >= 4 is 18.0 Å². The standard InChI is InChI=1S/C33H29NO5/c1-2-39-31(36)19-18-26-22-30(32(37)38)34(23-25-12-6-3-7-13-25)29(26)20-21-33(24-35,27-14-8-4-9-15-27)28-16-10-5-11-17-28/h3-19,22,35H,2,23-24H2,1H3,(H,37,38)/b19-18+. The van der Waals surface area contributed by atoms with E-state index < -0.39 is 17.4 Å². The zero-order valence-electron chi connectivity index (χ0n) is 21.6. The molecule has 1 heterocycles. The molecule has 1 aromatic heterocycles. The third kappa shape index (κ3) is 6.18. The fraction of sp³-hybridized carbons (Fsp3) is 0.152. The number of ether oxygens (including phenoxy) is 1. The molecule has 0 aliphatic rings. The number of rotatable bonds is 9. The van der Waals surface area contributed by atoms with E-state index in [1.807, 2.05) is 91.0 Å². The molecule has 0 spiro atoms. The van der Waals surface area contributed by atoms with E-state index in [-0.39, 0.29) is 25.5 Å². The van der Waals surface area contributed by atoms with Gasteiger partial charge in [-0.05, 0) is 41.7 Å². The van der Waals surface area contributed by atoms with Crippen LogP contribution in [0.2, 0.25) is 0 Å². The third-order valence-electron chi connectivity index (χ3n) is 6.38. The summed E-state index contributed by atoms with van der Waals surface area (Å²) in [6.45, 7) is 1.89. The van der Waals surface area contributed by atoms with Gasteiger partial charge in [-0.2, -0.15) is 0 Å². The molecule has 0 atom stereocenters. The summed E-state index contributed by atoms with van der Waals surface area (Å²) in [6, 6.07) is 29.9. The van der Waals surface area contributed by atoms with Gasteiger partial charge in [0.2, 0.25) is 0 Å². The van der Waals surface area contributed by atoms with E-state index in [1.165, 1.54) is 18.2 Å². The molecule has 0 radical (unpaired) electrons. The van der Waals surface area contributed by atoms with Crippen molar-refractivity contribution in [2.45, 2.75) is 18.9 Å². The molecule has 0 saturated carbocycles. The fourth-order valence-electron chi connectivity index (χ4n) is 4.44. The van der Waals surface area contributed by atoms with E-state index in [4.69, 9.17) is 4.74 Å². The summed E-state index contributed by atoms with van der Waals surface area (Å²) in [5.41, 5.74) is 2.30. The van der Waals surface area contributed by atoms with Crippen molar-refractivity contribution in [3.05, 3.63) is 137 Å². The van der Waals surface area contributed by atoms with Gasteiger partial charge in [-0.15, -0.1) is 0 Å². The van der Waals surface area contributed by atoms with E-state index in [0.717, 1.165) is 16.7 Å². The van der Waals surface area contributed by atoms with Crippen molar-refractivity contribution in [3.8, 4) is 11.8 Å². The van der Waals surface area contributed by atoms with Gasteiger partial charge in [0.05, 0.1) is 13.2 Å². The fourth-order valence-corrected chi connectivity index (χ4v) is 4.44. The topological polar surface area (TPSA) is 88.8 Å². The van der Waals surface area contributed by atoms with Gasteiger partial charge in [-0.1, -0.05) is 96.9 Å². The van der Waals surface area contributed by atoms with Crippen LogP contribution in [0, 0.1) is 11.8 Å². The average molecular weight is 520 g/mol. The van der Waals surface area contributed by atoms with Gasteiger partial charge in [0.25, 0.3) is 0 Å². The van der Waals surface area contributed by atoms with Crippen molar-refractivity contribution in [3.63, 3.8) is 0 Å². The minimum absolute atomic E-state index is 0.0284. The SMILES string of the molecule is CCOC(=O)/C=C/c1cc(C(=O)O)n(Cc2ccccc2)c1C#CC(CO)(c1ccccc1)c1ccccc1. The number of hydrogen-bond donors (Lipinski definition) is 2. The molecule has 6 heteroatoms. The zero-order chi connectivity index (χ0) is 27.7. The van der Waals surface area contributed by atoms with Crippen molar-refractivity contribution < 1.29 is 24.5 Å². The number of hydrogen-bond acceptors (Lipinski definition) is 4.